The zero-order chi connectivity index (χ0) is 19.6. The Labute approximate surface area is 162 Å². The van der Waals surface area contributed by atoms with Crippen molar-refractivity contribution in [1.82, 2.24) is 4.98 Å². The minimum Gasteiger partial charge on any atom is -0.320 e. The highest BCUT2D eigenvalue weighted by atomic mass is 32.2. The van der Waals surface area contributed by atoms with Crippen molar-refractivity contribution in [3.8, 4) is 0 Å². The maximum absolute atomic E-state index is 12.4. The average Bonchev–Trinajstić information content (AvgIpc) is 3.06. The van der Waals surface area contributed by atoms with Gasteiger partial charge in [0.05, 0.1) is 4.90 Å². The topological polar surface area (TPSA) is 88.2 Å². The van der Waals surface area contributed by atoms with E-state index in [1.807, 2.05) is 39.0 Å². The number of amides is 1. The van der Waals surface area contributed by atoms with E-state index >= 15 is 0 Å². The Balaban J connectivity index is 1.75. The maximum Gasteiger partial charge on any atom is 0.275 e. The van der Waals surface area contributed by atoms with Gasteiger partial charge < -0.3 is 5.32 Å². The number of hydrogen-bond acceptors (Lipinski definition) is 5. The van der Waals surface area contributed by atoms with Crippen molar-refractivity contribution in [2.24, 2.45) is 0 Å². The van der Waals surface area contributed by atoms with Crippen LogP contribution < -0.4 is 10.0 Å². The molecule has 3 aromatic rings. The van der Waals surface area contributed by atoms with Crippen LogP contribution in [-0.2, 0) is 10.0 Å². The quantitative estimate of drug-likeness (QED) is 0.673. The average molecular weight is 402 g/mol. The molecule has 0 aliphatic rings. The Morgan fingerprint density at radius 1 is 1.00 bits per heavy atom. The molecule has 0 bridgehead atoms. The van der Waals surface area contributed by atoms with Crippen LogP contribution >= 0.6 is 11.3 Å². The fourth-order valence-electron chi connectivity index (χ4n) is 2.37. The molecule has 0 radical (unpaired) electrons. The van der Waals surface area contributed by atoms with Crippen molar-refractivity contribution >= 4 is 38.1 Å². The Morgan fingerprint density at radius 3 is 2.37 bits per heavy atom. The number of anilines is 2. The van der Waals surface area contributed by atoms with Crippen LogP contribution in [0, 0.1) is 20.8 Å². The molecule has 0 aliphatic heterocycles. The van der Waals surface area contributed by atoms with Gasteiger partial charge >= 0.3 is 0 Å². The fourth-order valence-corrected chi connectivity index (χ4v) is 4.32. The number of sulfonamides is 1. The first-order chi connectivity index (χ1) is 12.7. The van der Waals surface area contributed by atoms with Crippen LogP contribution in [0.25, 0.3) is 0 Å². The zero-order valence-electron chi connectivity index (χ0n) is 15.1. The summed E-state index contributed by atoms with van der Waals surface area (Å²) in [6, 6.07) is 12.3. The number of carbonyl (C=O) groups is 1. The molecule has 0 fully saturated rings. The van der Waals surface area contributed by atoms with Crippen LogP contribution in [0.4, 0.5) is 10.8 Å². The molecular weight excluding hydrogens is 382 g/mol. The van der Waals surface area contributed by atoms with Crippen LogP contribution in [0.1, 0.15) is 27.2 Å². The van der Waals surface area contributed by atoms with Gasteiger partial charge in [-0.15, -0.1) is 11.3 Å². The van der Waals surface area contributed by atoms with E-state index in [4.69, 9.17) is 0 Å². The standard InChI is InChI=1S/C19H19N3O3S2/c1-12-5-8-15(9-6-12)27(24,25)22-19-21-17(11-26-19)18(23)20-16-10-13(2)4-7-14(16)3/h4-11H,1-3H3,(H,20,23)(H,21,22). The summed E-state index contributed by atoms with van der Waals surface area (Å²) in [5.74, 6) is -0.388. The summed E-state index contributed by atoms with van der Waals surface area (Å²) in [4.78, 5) is 16.7. The van der Waals surface area contributed by atoms with E-state index in [0.29, 0.717) is 5.69 Å². The van der Waals surface area contributed by atoms with Crippen LogP contribution in [-0.4, -0.2) is 19.3 Å². The minimum atomic E-state index is -3.75. The maximum atomic E-state index is 12.4. The van der Waals surface area contributed by atoms with E-state index in [2.05, 4.69) is 15.0 Å². The van der Waals surface area contributed by atoms with E-state index < -0.39 is 10.0 Å². The minimum absolute atomic E-state index is 0.140. The van der Waals surface area contributed by atoms with Crippen LogP contribution in [0.5, 0.6) is 0 Å². The van der Waals surface area contributed by atoms with Gasteiger partial charge in [-0.25, -0.2) is 13.4 Å². The third-order valence-electron chi connectivity index (χ3n) is 3.93. The first-order valence-electron chi connectivity index (χ1n) is 8.18. The first-order valence-corrected chi connectivity index (χ1v) is 10.5. The van der Waals surface area contributed by atoms with Gasteiger partial charge in [0.15, 0.2) is 5.13 Å². The number of carbonyl (C=O) groups excluding carboxylic acids is 1. The van der Waals surface area contributed by atoms with Crippen molar-refractivity contribution < 1.29 is 13.2 Å². The molecule has 1 aromatic heterocycles. The molecule has 6 nitrogen and oxygen atoms in total. The molecule has 8 heteroatoms. The number of nitrogens with zero attached hydrogens (tertiary/aromatic N) is 1. The Morgan fingerprint density at radius 2 is 1.67 bits per heavy atom. The lowest BCUT2D eigenvalue weighted by molar-refractivity contribution is 0.102. The predicted molar refractivity (Wildman–Crippen MR) is 108 cm³/mol. The van der Waals surface area contributed by atoms with Crippen LogP contribution in [0.3, 0.4) is 0 Å². The molecule has 140 valence electrons. The number of benzene rings is 2. The van der Waals surface area contributed by atoms with Crippen molar-refractivity contribution in [3.05, 3.63) is 70.2 Å². The normalized spacial score (nSPS) is 11.2. The zero-order valence-corrected chi connectivity index (χ0v) is 16.7. The molecule has 0 saturated heterocycles. The summed E-state index contributed by atoms with van der Waals surface area (Å²) >= 11 is 1.06. The molecule has 3 rings (SSSR count). The number of nitrogens with one attached hydrogen (secondary N) is 2. The smallest absolute Gasteiger partial charge is 0.275 e. The highest BCUT2D eigenvalue weighted by molar-refractivity contribution is 7.93. The Kier molecular flexibility index (Phi) is 5.29. The van der Waals surface area contributed by atoms with Gasteiger partial charge in [0.25, 0.3) is 15.9 Å². The van der Waals surface area contributed by atoms with E-state index in [-0.39, 0.29) is 21.6 Å². The highest BCUT2D eigenvalue weighted by Gasteiger charge is 2.18. The highest BCUT2D eigenvalue weighted by Crippen LogP contribution is 2.22. The third kappa shape index (κ3) is 4.53. The van der Waals surface area contributed by atoms with Crippen molar-refractivity contribution in [2.45, 2.75) is 25.7 Å². The Bertz CT molecular complexity index is 1090. The van der Waals surface area contributed by atoms with Crippen molar-refractivity contribution in [3.63, 3.8) is 0 Å². The second kappa shape index (κ2) is 7.50. The number of aromatic nitrogens is 1. The van der Waals surface area contributed by atoms with Gasteiger partial charge in [0, 0.05) is 11.1 Å². The monoisotopic (exact) mass is 401 g/mol. The van der Waals surface area contributed by atoms with Crippen molar-refractivity contribution in [1.29, 1.82) is 0 Å². The lowest BCUT2D eigenvalue weighted by Crippen LogP contribution is -2.15. The van der Waals surface area contributed by atoms with Crippen LogP contribution in [0.2, 0.25) is 0 Å². The predicted octanol–water partition coefficient (Wildman–Crippen LogP) is 4.12. The summed E-state index contributed by atoms with van der Waals surface area (Å²) < 4.78 is 27.3. The van der Waals surface area contributed by atoms with E-state index in [1.165, 1.54) is 17.5 Å². The molecule has 0 saturated carbocycles. The lowest BCUT2D eigenvalue weighted by Gasteiger charge is -2.08. The van der Waals surface area contributed by atoms with Gasteiger partial charge in [-0.05, 0) is 50.1 Å². The number of aryl methyl sites for hydroxylation is 3. The molecule has 0 aliphatic carbocycles. The summed E-state index contributed by atoms with van der Waals surface area (Å²) in [6.45, 7) is 5.72. The molecule has 0 spiro atoms. The van der Waals surface area contributed by atoms with Gasteiger partial charge in [-0.1, -0.05) is 29.8 Å². The summed E-state index contributed by atoms with van der Waals surface area (Å²) in [7, 11) is -3.75. The van der Waals surface area contributed by atoms with Gasteiger partial charge in [-0.2, -0.15) is 0 Å². The molecule has 2 aromatic carbocycles. The molecule has 1 heterocycles. The molecule has 2 N–H and O–H groups in total. The van der Waals surface area contributed by atoms with E-state index in [9.17, 15) is 13.2 Å². The largest absolute Gasteiger partial charge is 0.320 e. The molecule has 0 atom stereocenters. The summed E-state index contributed by atoms with van der Waals surface area (Å²) in [5, 5.41) is 4.47. The van der Waals surface area contributed by atoms with E-state index in [0.717, 1.165) is 28.0 Å². The van der Waals surface area contributed by atoms with E-state index in [1.54, 1.807) is 12.1 Å². The Hall–Kier alpha value is -2.71. The van der Waals surface area contributed by atoms with Crippen LogP contribution in [0.15, 0.2) is 52.7 Å². The second-order valence-corrected chi connectivity index (χ2v) is 8.77. The number of rotatable bonds is 5. The van der Waals surface area contributed by atoms with Gasteiger partial charge in [-0.3, -0.25) is 9.52 Å². The molecule has 27 heavy (non-hydrogen) atoms. The summed E-state index contributed by atoms with van der Waals surface area (Å²) in [6.07, 6.45) is 0. The molecular formula is C19H19N3O3S2. The van der Waals surface area contributed by atoms with Crippen molar-refractivity contribution in [2.75, 3.05) is 10.0 Å². The first kappa shape index (κ1) is 19.1. The van der Waals surface area contributed by atoms with Gasteiger partial charge in [0.1, 0.15) is 5.69 Å². The summed E-state index contributed by atoms with van der Waals surface area (Å²) in [5.41, 5.74) is 3.79. The van der Waals surface area contributed by atoms with Gasteiger partial charge in [0.2, 0.25) is 0 Å². The molecule has 0 unspecified atom stereocenters. The number of thiazole rings is 1. The second-order valence-electron chi connectivity index (χ2n) is 6.23. The lowest BCUT2D eigenvalue weighted by atomic mass is 10.1. The third-order valence-corrected chi connectivity index (χ3v) is 6.17. The fraction of sp³-hybridized carbons (Fsp3) is 0.158. The molecule has 1 amide bonds. The SMILES string of the molecule is Cc1ccc(S(=O)(=O)Nc2nc(C(=O)Nc3cc(C)ccc3C)cs2)cc1. The number of hydrogen-bond donors (Lipinski definition) is 2.